The second-order valence-electron chi connectivity index (χ2n) is 2.43. The average molecular weight is 133 g/mol. The highest BCUT2D eigenvalue weighted by Gasteiger charge is 2.15. The van der Waals surface area contributed by atoms with Crippen molar-refractivity contribution in [1.29, 1.82) is 0 Å². The van der Waals surface area contributed by atoms with E-state index in [2.05, 4.69) is 22.5 Å². The zero-order chi connectivity index (χ0) is 6.81. The van der Waals surface area contributed by atoms with Crippen LogP contribution in [0.2, 0.25) is 0 Å². The Morgan fingerprint density at radius 1 is 1.50 bits per heavy atom. The summed E-state index contributed by atoms with van der Waals surface area (Å²) in [7, 11) is 0. The van der Waals surface area contributed by atoms with E-state index in [1.54, 1.807) is 0 Å². The standard InChI is InChI=1S/C8H9N2/c1-3-7-8(9-5-1)4-2-6-10-7/h1,3-5,7H,2,6H2. The molecule has 1 atom stereocenters. The minimum atomic E-state index is 0.263. The van der Waals surface area contributed by atoms with Crippen molar-refractivity contribution in [3.05, 3.63) is 23.9 Å². The van der Waals surface area contributed by atoms with Gasteiger partial charge in [-0.3, -0.25) is 4.99 Å². The fourth-order valence-corrected chi connectivity index (χ4v) is 1.21. The summed E-state index contributed by atoms with van der Waals surface area (Å²) in [5.41, 5.74) is 1.12. The maximum absolute atomic E-state index is 4.38. The number of dihydropyridines is 1. The molecule has 0 fully saturated rings. The first-order valence-electron chi connectivity index (χ1n) is 3.54. The van der Waals surface area contributed by atoms with Crippen molar-refractivity contribution >= 4 is 6.21 Å². The summed E-state index contributed by atoms with van der Waals surface area (Å²) in [6.07, 6.45) is 9.08. The number of fused-ring (bicyclic) bond motifs is 1. The largest absolute Gasteiger partial charge is 0.260 e. The Morgan fingerprint density at radius 2 is 2.50 bits per heavy atom. The van der Waals surface area contributed by atoms with Gasteiger partial charge in [-0.2, -0.15) is 0 Å². The predicted molar refractivity (Wildman–Crippen MR) is 41.1 cm³/mol. The van der Waals surface area contributed by atoms with Gasteiger partial charge in [0, 0.05) is 12.8 Å². The van der Waals surface area contributed by atoms with Crippen molar-refractivity contribution in [3.8, 4) is 0 Å². The maximum Gasteiger partial charge on any atom is 0.0848 e. The molecule has 0 aromatic heterocycles. The van der Waals surface area contributed by atoms with Gasteiger partial charge in [0.15, 0.2) is 0 Å². The second-order valence-corrected chi connectivity index (χ2v) is 2.43. The van der Waals surface area contributed by atoms with Crippen molar-refractivity contribution in [2.24, 2.45) is 4.99 Å². The average Bonchev–Trinajstić information content (AvgIpc) is 2.05. The van der Waals surface area contributed by atoms with Crippen LogP contribution in [0.15, 0.2) is 28.9 Å². The van der Waals surface area contributed by atoms with E-state index in [-0.39, 0.29) is 6.04 Å². The van der Waals surface area contributed by atoms with Gasteiger partial charge >= 0.3 is 0 Å². The van der Waals surface area contributed by atoms with E-state index in [0.29, 0.717) is 0 Å². The van der Waals surface area contributed by atoms with Gasteiger partial charge in [0.2, 0.25) is 0 Å². The van der Waals surface area contributed by atoms with E-state index < -0.39 is 0 Å². The van der Waals surface area contributed by atoms with Gasteiger partial charge in [0.1, 0.15) is 0 Å². The van der Waals surface area contributed by atoms with Crippen molar-refractivity contribution in [2.45, 2.75) is 12.5 Å². The second kappa shape index (κ2) is 2.39. The predicted octanol–water partition coefficient (Wildman–Crippen LogP) is 0.888. The number of hydrogen-bond acceptors (Lipinski definition) is 1. The first-order chi connectivity index (χ1) is 4.97. The fraction of sp³-hybridized carbons (Fsp3) is 0.375. The number of hydrogen-bond donors (Lipinski definition) is 0. The molecule has 2 aliphatic heterocycles. The van der Waals surface area contributed by atoms with Crippen LogP contribution in [0.4, 0.5) is 0 Å². The monoisotopic (exact) mass is 133 g/mol. The summed E-state index contributed by atoms with van der Waals surface area (Å²) in [4.78, 5) is 4.21. The summed E-state index contributed by atoms with van der Waals surface area (Å²) < 4.78 is 0. The van der Waals surface area contributed by atoms with Crippen LogP contribution in [0.1, 0.15) is 6.42 Å². The molecule has 0 spiro atoms. The minimum absolute atomic E-state index is 0.263. The van der Waals surface area contributed by atoms with Gasteiger partial charge in [-0.1, -0.05) is 12.2 Å². The van der Waals surface area contributed by atoms with E-state index in [1.807, 2.05) is 12.3 Å². The van der Waals surface area contributed by atoms with Crippen LogP contribution in [-0.4, -0.2) is 18.8 Å². The highest BCUT2D eigenvalue weighted by Crippen LogP contribution is 2.14. The zero-order valence-corrected chi connectivity index (χ0v) is 5.70. The molecule has 0 saturated carbocycles. The third-order valence-electron chi connectivity index (χ3n) is 1.71. The first-order valence-corrected chi connectivity index (χ1v) is 3.54. The van der Waals surface area contributed by atoms with Gasteiger partial charge in [-0.25, -0.2) is 5.32 Å². The lowest BCUT2D eigenvalue weighted by Crippen LogP contribution is -2.27. The Hall–Kier alpha value is -0.890. The van der Waals surface area contributed by atoms with Gasteiger partial charge in [0.05, 0.1) is 11.7 Å². The molecule has 2 heteroatoms. The Morgan fingerprint density at radius 3 is 3.40 bits per heavy atom. The summed E-state index contributed by atoms with van der Waals surface area (Å²) in [6.45, 7) is 0.952. The van der Waals surface area contributed by atoms with Crippen LogP contribution in [0.3, 0.4) is 0 Å². The fourth-order valence-electron chi connectivity index (χ4n) is 1.21. The molecule has 1 radical (unpaired) electrons. The van der Waals surface area contributed by atoms with Gasteiger partial charge in [0.25, 0.3) is 0 Å². The molecule has 2 heterocycles. The molecule has 2 rings (SSSR count). The van der Waals surface area contributed by atoms with Crippen molar-refractivity contribution in [3.63, 3.8) is 0 Å². The third-order valence-corrected chi connectivity index (χ3v) is 1.71. The molecule has 0 aromatic rings. The van der Waals surface area contributed by atoms with Crippen LogP contribution >= 0.6 is 0 Å². The number of allylic oxidation sites excluding steroid dienone is 1. The molecule has 1 unspecified atom stereocenters. The third kappa shape index (κ3) is 0.907. The number of rotatable bonds is 0. The van der Waals surface area contributed by atoms with Crippen LogP contribution in [0.5, 0.6) is 0 Å². The molecule has 0 aliphatic carbocycles. The summed E-state index contributed by atoms with van der Waals surface area (Å²) >= 11 is 0. The van der Waals surface area contributed by atoms with Crippen molar-refractivity contribution < 1.29 is 0 Å². The molecule has 0 saturated heterocycles. The Kier molecular flexibility index (Phi) is 1.40. The molecular weight excluding hydrogens is 124 g/mol. The molecule has 0 bridgehead atoms. The van der Waals surface area contributed by atoms with Gasteiger partial charge in [-0.05, 0) is 12.5 Å². The first kappa shape index (κ1) is 5.86. The topological polar surface area (TPSA) is 26.5 Å². The van der Waals surface area contributed by atoms with Crippen molar-refractivity contribution in [2.75, 3.05) is 6.54 Å². The minimum Gasteiger partial charge on any atom is -0.260 e. The van der Waals surface area contributed by atoms with Crippen LogP contribution in [-0.2, 0) is 0 Å². The van der Waals surface area contributed by atoms with Crippen LogP contribution in [0, 0.1) is 0 Å². The SMILES string of the molecule is C1=CC2[N]CCC=C2N=C1. The molecular formula is C8H9N2. The molecule has 2 nitrogen and oxygen atoms in total. The van der Waals surface area contributed by atoms with E-state index in [1.165, 1.54) is 0 Å². The lowest BCUT2D eigenvalue weighted by Gasteiger charge is -2.19. The van der Waals surface area contributed by atoms with E-state index in [0.717, 1.165) is 18.7 Å². The smallest absolute Gasteiger partial charge is 0.0848 e. The lowest BCUT2D eigenvalue weighted by atomic mass is 10.1. The quantitative estimate of drug-likeness (QED) is 0.469. The normalized spacial score (nSPS) is 29.6. The van der Waals surface area contributed by atoms with Crippen LogP contribution in [0.25, 0.3) is 0 Å². The number of aliphatic imine (C=N–C) groups is 1. The summed E-state index contributed by atoms with van der Waals surface area (Å²) in [6, 6.07) is 0.263. The summed E-state index contributed by atoms with van der Waals surface area (Å²) in [5, 5.41) is 4.38. The molecule has 0 aromatic carbocycles. The molecule has 51 valence electrons. The lowest BCUT2D eigenvalue weighted by molar-refractivity contribution is 0.603. The molecule has 10 heavy (non-hydrogen) atoms. The van der Waals surface area contributed by atoms with Gasteiger partial charge in [-0.15, -0.1) is 0 Å². The van der Waals surface area contributed by atoms with Crippen molar-refractivity contribution in [1.82, 2.24) is 5.32 Å². The Bertz CT molecular complexity index is 213. The molecule has 2 aliphatic rings. The van der Waals surface area contributed by atoms with Crippen LogP contribution < -0.4 is 5.32 Å². The highest BCUT2D eigenvalue weighted by molar-refractivity contribution is 5.74. The highest BCUT2D eigenvalue weighted by atomic mass is 15.0. The Labute approximate surface area is 60.3 Å². The molecule has 0 N–H and O–H groups in total. The van der Waals surface area contributed by atoms with E-state index in [4.69, 9.17) is 0 Å². The number of nitrogens with zero attached hydrogens (tertiary/aromatic N) is 2. The molecule has 0 amide bonds. The van der Waals surface area contributed by atoms with E-state index in [9.17, 15) is 0 Å². The van der Waals surface area contributed by atoms with Gasteiger partial charge < -0.3 is 0 Å². The zero-order valence-electron chi connectivity index (χ0n) is 5.70. The summed E-state index contributed by atoms with van der Waals surface area (Å²) in [5.74, 6) is 0. The Balaban J connectivity index is 2.27. The van der Waals surface area contributed by atoms with E-state index >= 15 is 0 Å². The maximum atomic E-state index is 4.38.